The Balaban J connectivity index is 2.09. The number of imidazole rings is 1. The molecule has 33 heavy (non-hydrogen) atoms. The number of nitrogens with one attached hydrogen (secondary N) is 3. The van der Waals surface area contributed by atoms with Gasteiger partial charge in [-0.1, -0.05) is 30.7 Å². The van der Waals surface area contributed by atoms with E-state index in [0.717, 1.165) is 0 Å². The summed E-state index contributed by atoms with van der Waals surface area (Å²) in [5.74, 6) is -1.02. The largest absolute Gasteiger partial charge is 0.461 e. The standard InChI is InChI=1S/C22H25ClN4O6/c1-2-7-33-22(32)19-18(23)17(13-4-3-12(9-28)14(10-29)15(13)11-30)16(27-19)8-26-21(31)20-24-5-6-25-20/h3-6,27-30H,2,7-11H2,1H3,(H,24,25)(H,26,31). The molecule has 0 fully saturated rings. The van der Waals surface area contributed by atoms with Crippen LogP contribution in [0.5, 0.6) is 0 Å². The molecule has 10 nitrogen and oxygen atoms in total. The number of hydrogen-bond donors (Lipinski definition) is 6. The number of rotatable bonds is 10. The van der Waals surface area contributed by atoms with Crippen molar-refractivity contribution in [3.8, 4) is 11.1 Å². The number of benzene rings is 1. The van der Waals surface area contributed by atoms with Crippen LogP contribution in [0.15, 0.2) is 24.5 Å². The first kappa shape index (κ1) is 24.5. The Morgan fingerprint density at radius 1 is 1.15 bits per heavy atom. The fourth-order valence-corrected chi connectivity index (χ4v) is 3.83. The summed E-state index contributed by atoms with van der Waals surface area (Å²) >= 11 is 6.59. The number of ether oxygens (including phenoxy) is 1. The lowest BCUT2D eigenvalue weighted by Gasteiger charge is -2.16. The zero-order valence-corrected chi connectivity index (χ0v) is 18.7. The van der Waals surface area contributed by atoms with Crippen LogP contribution in [0.25, 0.3) is 11.1 Å². The van der Waals surface area contributed by atoms with E-state index in [0.29, 0.717) is 39.9 Å². The molecule has 6 N–H and O–H groups in total. The maximum atomic E-state index is 12.6. The second-order valence-electron chi connectivity index (χ2n) is 7.13. The Morgan fingerprint density at radius 2 is 1.91 bits per heavy atom. The molecule has 176 valence electrons. The van der Waals surface area contributed by atoms with Gasteiger partial charge in [0, 0.05) is 23.7 Å². The summed E-state index contributed by atoms with van der Waals surface area (Å²) in [6.45, 7) is 0.820. The second-order valence-corrected chi connectivity index (χ2v) is 7.51. The Bertz CT molecular complexity index is 1130. The third kappa shape index (κ3) is 5.09. The highest BCUT2D eigenvalue weighted by Crippen LogP contribution is 2.39. The minimum Gasteiger partial charge on any atom is -0.461 e. The van der Waals surface area contributed by atoms with Gasteiger partial charge in [0.2, 0.25) is 0 Å². The molecule has 3 rings (SSSR count). The topological polar surface area (TPSA) is 161 Å². The van der Waals surface area contributed by atoms with Gasteiger partial charge in [0.05, 0.1) is 38.0 Å². The number of nitrogens with zero attached hydrogens (tertiary/aromatic N) is 1. The van der Waals surface area contributed by atoms with Crippen molar-refractivity contribution in [2.24, 2.45) is 0 Å². The Kier molecular flexibility index (Phi) is 8.23. The average Bonchev–Trinajstić information content (AvgIpc) is 3.48. The van der Waals surface area contributed by atoms with Crippen molar-refractivity contribution in [3.05, 3.63) is 63.5 Å². The van der Waals surface area contributed by atoms with E-state index in [1.165, 1.54) is 12.4 Å². The summed E-state index contributed by atoms with van der Waals surface area (Å²) in [6, 6.07) is 3.23. The van der Waals surface area contributed by atoms with Gasteiger partial charge in [0.1, 0.15) is 5.69 Å². The SMILES string of the molecule is CCCOC(=O)c1[nH]c(CNC(=O)c2ncc[nH]2)c(-c2ccc(CO)c(CO)c2CO)c1Cl. The molecule has 0 saturated heterocycles. The van der Waals surface area contributed by atoms with Gasteiger partial charge >= 0.3 is 5.97 Å². The first-order chi connectivity index (χ1) is 16.0. The molecule has 1 aromatic carbocycles. The number of aromatic nitrogens is 3. The van der Waals surface area contributed by atoms with Gasteiger partial charge < -0.3 is 35.3 Å². The lowest BCUT2D eigenvalue weighted by molar-refractivity contribution is 0.0499. The molecule has 11 heteroatoms. The van der Waals surface area contributed by atoms with Gasteiger partial charge in [-0.3, -0.25) is 4.79 Å². The molecule has 2 aromatic heterocycles. The van der Waals surface area contributed by atoms with Crippen LogP contribution in [0.4, 0.5) is 0 Å². The summed E-state index contributed by atoms with van der Waals surface area (Å²) in [7, 11) is 0. The predicted molar refractivity (Wildman–Crippen MR) is 119 cm³/mol. The van der Waals surface area contributed by atoms with E-state index in [-0.39, 0.29) is 36.3 Å². The quantitative estimate of drug-likeness (QED) is 0.244. The van der Waals surface area contributed by atoms with E-state index in [9.17, 15) is 24.9 Å². The summed E-state index contributed by atoms with van der Waals surface area (Å²) < 4.78 is 5.21. The van der Waals surface area contributed by atoms with Gasteiger partial charge in [0.15, 0.2) is 5.82 Å². The van der Waals surface area contributed by atoms with Crippen molar-refractivity contribution in [1.82, 2.24) is 20.3 Å². The van der Waals surface area contributed by atoms with Crippen LogP contribution in [0.2, 0.25) is 5.02 Å². The lowest BCUT2D eigenvalue weighted by atomic mass is 9.92. The maximum absolute atomic E-state index is 12.6. The van der Waals surface area contributed by atoms with Crippen molar-refractivity contribution in [1.29, 1.82) is 0 Å². The van der Waals surface area contributed by atoms with E-state index in [2.05, 4.69) is 20.3 Å². The third-order valence-electron chi connectivity index (χ3n) is 5.08. The monoisotopic (exact) mass is 476 g/mol. The minimum absolute atomic E-state index is 0.00281. The molecule has 0 bridgehead atoms. The highest BCUT2D eigenvalue weighted by molar-refractivity contribution is 6.36. The fourth-order valence-electron chi connectivity index (χ4n) is 3.49. The van der Waals surface area contributed by atoms with Crippen molar-refractivity contribution in [2.45, 2.75) is 39.7 Å². The Morgan fingerprint density at radius 3 is 2.52 bits per heavy atom. The number of hydrogen-bond acceptors (Lipinski definition) is 7. The summed E-state index contributed by atoms with van der Waals surface area (Å²) in [5, 5.41) is 32.2. The average molecular weight is 477 g/mol. The van der Waals surface area contributed by atoms with Crippen LogP contribution in [0.1, 0.15) is 56.8 Å². The van der Waals surface area contributed by atoms with Gasteiger partial charge in [-0.05, 0) is 28.7 Å². The van der Waals surface area contributed by atoms with Crippen LogP contribution >= 0.6 is 11.6 Å². The van der Waals surface area contributed by atoms with E-state index >= 15 is 0 Å². The molecule has 0 aliphatic heterocycles. The number of aromatic amines is 2. The van der Waals surface area contributed by atoms with Crippen molar-refractivity contribution >= 4 is 23.5 Å². The lowest BCUT2D eigenvalue weighted by Crippen LogP contribution is -2.24. The van der Waals surface area contributed by atoms with E-state index in [1.54, 1.807) is 12.1 Å². The molecular formula is C22H25ClN4O6. The maximum Gasteiger partial charge on any atom is 0.356 e. The number of H-pyrrole nitrogens is 2. The molecule has 0 atom stereocenters. The molecule has 0 radical (unpaired) electrons. The normalized spacial score (nSPS) is 10.9. The van der Waals surface area contributed by atoms with Crippen molar-refractivity contribution in [2.75, 3.05) is 6.61 Å². The van der Waals surface area contributed by atoms with E-state index in [4.69, 9.17) is 16.3 Å². The Hall–Kier alpha value is -3.18. The van der Waals surface area contributed by atoms with Crippen molar-refractivity contribution in [3.63, 3.8) is 0 Å². The number of aliphatic hydroxyl groups is 3. The molecule has 1 amide bonds. The second kappa shape index (κ2) is 11.1. The first-order valence-corrected chi connectivity index (χ1v) is 10.7. The summed E-state index contributed by atoms with van der Waals surface area (Å²) in [6.07, 6.45) is 3.58. The molecule has 3 aromatic rings. The smallest absolute Gasteiger partial charge is 0.356 e. The number of carbonyl (C=O) groups excluding carboxylic acids is 2. The van der Waals surface area contributed by atoms with Gasteiger partial charge in [-0.2, -0.15) is 0 Å². The summed E-state index contributed by atoms with van der Waals surface area (Å²) in [5.41, 5.74) is 2.35. The van der Waals surface area contributed by atoms with Crippen molar-refractivity contribution < 1.29 is 29.6 Å². The van der Waals surface area contributed by atoms with Crippen LogP contribution in [0.3, 0.4) is 0 Å². The minimum atomic E-state index is -0.661. The predicted octanol–water partition coefficient (Wildman–Crippen LogP) is 2.03. The third-order valence-corrected chi connectivity index (χ3v) is 5.46. The van der Waals surface area contributed by atoms with Gasteiger partial charge in [0.25, 0.3) is 5.91 Å². The van der Waals surface area contributed by atoms with Gasteiger partial charge in [-0.25, -0.2) is 9.78 Å². The zero-order chi connectivity index (χ0) is 24.0. The molecule has 0 saturated carbocycles. The van der Waals surface area contributed by atoms with Crippen LogP contribution in [-0.2, 0) is 31.1 Å². The zero-order valence-electron chi connectivity index (χ0n) is 17.9. The number of carbonyl (C=O) groups is 2. The fraction of sp³-hybridized carbons (Fsp3) is 0.318. The molecule has 0 aliphatic carbocycles. The number of halogens is 1. The molecule has 0 spiro atoms. The van der Waals surface area contributed by atoms with E-state index < -0.39 is 25.1 Å². The summed E-state index contributed by atoms with van der Waals surface area (Å²) in [4.78, 5) is 34.5. The molecule has 0 aliphatic rings. The number of amides is 1. The number of esters is 1. The highest BCUT2D eigenvalue weighted by atomic mass is 35.5. The van der Waals surface area contributed by atoms with E-state index in [1.807, 2.05) is 6.92 Å². The Labute approximate surface area is 194 Å². The molecular weight excluding hydrogens is 452 g/mol. The molecule has 0 unspecified atom stereocenters. The van der Waals surface area contributed by atoms with Crippen LogP contribution in [0, 0.1) is 0 Å². The number of aliphatic hydroxyl groups excluding tert-OH is 3. The molecule has 2 heterocycles. The van der Waals surface area contributed by atoms with Crippen LogP contribution in [-0.4, -0.2) is 48.8 Å². The van der Waals surface area contributed by atoms with Crippen LogP contribution < -0.4 is 5.32 Å². The van der Waals surface area contributed by atoms with Gasteiger partial charge in [-0.15, -0.1) is 0 Å². The first-order valence-electron chi connectivity index (χ1n) is 10.3. The highest BCUT2D eigenvalue weighted by Gasteiger charge is 2.26.